The summed E-state index contributed by atoms with van der Waals surface area (Å²) < 4.78 is 2.28. The summed E-state index contributed by atoms with van der Waals surface area (Å²) >= 11 is 0. The number of piperidine rings is 1. The van der Waals surface area contributed by atoms with Crippen LogP contribution in [0.5, 0.6) is 0 Å². The second-order valence-corrected chi connectivity index (χ2v) is 6.48. The van der Waals surface area contributed by atoms with Gasteiger partial charge in [-0.15, -0.1) is 22.6 Å². The molecule has 4 heterocycles. The Morgan fingerprint density at radius 3 is 2.68 bits per heavy atom. The van der Waals surface area contributed by atoms with Gasteiger partial charge in [0, 0.05) is 32.6 Å². The van der Waals surface area contributed by atoms with Crippen molar-refractivity contribution < 1.29 is 4.79 Å². The van der Waals surface area contributed by atoms with Crippen molar-refractivity contribution >= 4 is 18.3 Å². The number of hydrogen-bond donors (Lipinski definition) is 1. The molecule has 22 heavy (non-hydrogen) atoms. The summed E-state index contributed by atoms with van der Waals surface area (Å²) in [6.07, 6.45) is 6.76. The summed E-state index contributed by atoms with van der Waals surface area (Å²) in [7, 11) is 0. The van der Waals surface area contributed by atoms with Crippen molar-refractivity contribution in [2.24, 2.45) is 5.92 Å². The van der Waals surface area contributed by atoms with Gasteiger partial charge in [0.1, 0.15) is 5.82 Å². The maximum absolute atomic E-state index is 12.7. The molecule has 2 fully saturated rings. The van der Waals surface area contributed by atoms with Gasteiger partial charge in [-0.05, 0) is 32.1 Å². The molecular formula is C15H24ClN5O. The molecule has 1 unspecified atom stereocenters. The van der Waals surface area contributed by atoms with Crippen LogP contribution in [-0.2, 0) is 17.8 Å². The lowest BCUT2D eigenvalue weighted by Gasteiger charge is -2.39. The molecule has 7 heteroatoms. The number of fused-ring (bicyclic) bond motifs is 1. The van der Waals surface area contributed by atoms with Crippen molar-refractivity contribution in [3.63, 3.8) is 0 Å². The Kier molecular flexibility index (Phi) is 4.68. The number of aryl methyl sites for hydroxylation is 1. The fourth-order valence-corrected chi connectivity index (χ4v) is 3.74. The molecule has 6 nitrogen and oxygen atoms in total. The fraction of sp³-hybridized carbons (Fsp3) is 0.800. The maximum Gasteiger partial charge on any atom is 0.228 e. The number of likely N-dealkylation sites (tertiary alicyclic amines) is 1. The summed E-state index contributed by atoms with van der Waals surface area (Å²) in [5.41, 5.74) is 0. The Hall–Kier alpha value is -1.14. The molecule has 1 N–H and O–H groups in total. The fourth-order valence-electron chi connectivity index (χ4n) is 3.74. The van der Waals surface area contributed by atoms with Crippen molar-refractivity contribution in [3.8, 4) is 0 Å². The zero-order valence-corrected chi connectivity index (χ0v) is 13.6. The zero-order chi connectivity index (χ0) is 14.2. The number of nitrogens with one attached hydrogen (secondary N) is 1. The van der Waals surface area contributed by atoms with Crippen LogP contribution >= 0.6 is 12.4 Å². The van der Waals surface area contributed by atoms with Crippen LogP contribution in [0.1, 0.15) is 49.8 Å². The van der Waals surface area contributed by atoms with E-state index in [9.17, 15) is 4.79 Å². The molecular weight excluding hydrogens is 302 g/mol. The Morgan fingerprint density at radius 2 is 1.91 bits per heavy atom. The maximum atomic E-state index is 12.7. The third-order valence-electron chi connectivity index (χ3n) is 5.10. The predicted octanol–water partition coefficient (Wildman–Crippen LogP) is 1.31. The molecule has 0 aromatic carbocycles. The number of amides is 1. The SMILES string of the molecule is Cl.O=C(C1CNC1)N1CCCCC1c1nnc2n1CCCC2. The number of carbonyl (C=O) groups excluding carboxylic acids is 1. The molecule has 122 valence electrons. The van der Waals surface area contributed by atoms with E-state index in [1.165, 1.54) is 19.3 Å². The van der Waals surface area contributed by atoms with Crippen LogP contribution in [0.3, 0.4) is 0 Å². The standard InChI is InChI=1S/C15H23N5O.ClH/c21-15(11-9-16-10-11)19-7-3-1-5-12(19)14-18-17-13-6-2-4-8-20(13)14;/h11-12,16H,1-10H2;1H. The van der Waals surface area contributed by atoms with Crippen LogP contribution in [0.15, 0.2) is 0 Å². The molecule has 1 atom stereocenters. The minimum atomic E-state index is 0. The van der Waals surface area contributed by atoms with Crippen LogP contribution in [0, 0.1) is 5.92 Å². The Labute approximate surface area is 137 Å². The van der Waals surface area contributed by atoms with Gasteiger partial charge in [-0.3, -0.25) is 4.79 Å². The molecule has 3 aliphatic heterocycles. The summed E-state index contributed by atoms with van der Waals surface area (Å²) in [6.45, 7) is 3.56. The van der Waals surface area contributed by atoms with Crippen molar-refractivity contribution in [3.05, 3.63) is 11.6 Å². The van der Waals surface area contributed by atoms with E-state index in [0.717, 1.165) is 57.1 Å². The molecule has 2 saturated heterocycles. The summed E-state index contributed by atoms with van der Waals surface area (Å²) in [6, 6.07) is 0.145. The molecule has 1 amide bonds. The molecule has 4 rings (SSSR count). The monoisotopic (exact) mass is 325 g/mol. The lowest BCUT2D eigenvalue weighted by atomic mass is 9.95. The Balaban J connectivity index is 0.00000144. The number of carbonyl (C=O) groups is 1. The summed E-state index contributed by atoms with van der Waals surface area (Å²) in [5, 5.41) is 12.0. The first-order valence-electron chi connectivity index (χ1n) is 8.28. The molecule has 0 radical (unpaired) electrons. The summed E-state index contributed by atoms with van der Waals surface area (Å²) in [4.78, 5) is 14.8. The average molecular weight is 326 g/mol. The van der Waals surface area contributed by atoms with Gasteiger partial charge in [0.15, 0.2) is 5.82 Å². The van der Waals surface area contributed by atoms with E-state index in [0.29, 0.717) is 5.91 Å². The number of rotatable bonds is 2. The van der Waals surface area contributed by atoms with Crippen molar-refractivity contribution in [1.82, 2.24) is 25.0 Å². The van der Waals surface area contributed by atoms with Gasteiger partial charge < -0.3 is 14.8 Å². The van der Waals surface area contributed by atoms with E-state index in [2.05, 4.69) is 25.0 Å². The summed E-state index contributed by atoms with van der Waals surface area (Å²) in [5.74, 6) is 2.63. The van der Waals surface area contributed by atoms with E-state index < -0.39 is 0 Å². The number of hydrogen-bond acceptors (Lipinski definition) is 4. The lowest BCUT2D eigenvalue weighted by molar-refractivity contribution is -0.141. The molecule has 0 spiro atoms. The quantitative estimate of drug-likeness (QED) is 0.890. The largest absolute Gasteiger partial charge is 0.332 e. The van der Waals surface area contributed by atoms with Crippen LogP contribution in [-0.4, -0.2) is 45.2 Å². The van der Waals surface area contributed by atoms with Crippen LogP contribution < -0.4 is 5.32 Å². The molecule has 1 aromatic heterocycles. The van der Waals surface area contributed by atoms with Gasteiger partial charge >= 0.3 is 0 Å². The van der Waals surface area contributed by atoms with Crippen LogP contribution in [0.2, 0.25) is 0 Å². The van der Waals surface area contributed by atoms with Crippen molar-refractivity contribution in [2.75, 3.05) is 19.6 Å². The first kappa shape index (κ1) is 15.7. The van der Waals surface area contributed by atoms with Crippen LogP contribution in [0.4, 0.5) is 0 Å². The van der Waals surface area contributed by atoms with Gasteiger partial charge in [0.2, 0.25) is 5.91 Å². The number of halogens is 1. The van der Waals surface area contributed by atoms with Crippen molar-refractivity contribution in [2.45, 2.75) is 51.1 Å². The highest BCUT2D eigenvalue weighted by Crippen LogP contribution is 2.33. The van der Waals surface area contributed by atoms with E-state index in [1.54, 1.807) is 0 Å². The first-order valence-corrected chi connectivity index (χ1v) is 8.28. The first-order chi connectivity index (χ1) is 10.3. The molecule has 1 aromatic rings. The number of nitrogens with zero attached hydrogens (tertiary/aromatic N) is 4. The minimum absolute atomic E-state index is 0. The second kappa shape index (κ2) is 6.54. The topological polar surface area (TPSA) is 63.1 Å². The van der Waals surface area contributed by atoms with Gasteiger partial charge in [-0.1, -0.05) is 0 Å². The average Bonchev–Trinajstić information content (AvgIpc) is 2.89. The van der Waals surface area contributed by atoms with E-state index in [1.807, 2.05) is 0 Å². The van der Waals surface area contributed by atoms with Crippen LogP contribution in [0.25, 0.3) is 0 Å². The van der Waals surface area contributed by atoms with Gasteiger partial charge in [0.25, 0.3) is 0 Å². The molecule has 0 aliphatic carbocycles. The minimum Gasteiger partial charge on any atom is -0.332 e. The highest BCUT2D eigenvalue weighted by atomic mass is 35.5. The van der Waals surface area contributed by atoms with E-state index in [4.69, 9.17) is 0 Å². The Morgan fingerprint density at radius 1 is 1.09 bits per heavy atom. The number of aromatic nitrogens is 3. The lowest BCUT2D eigenvalue weighted by Crippen LogP contribution is -2.53. The highest BCUT2D eigenvalue weighted by Gasteiger charge is 2.37. The van der Waals surface area contributed by atoms with Gasteiger partial charge in [-0.25, -0.2) is 0 Å². The second-order valence-electron chi connectivity index (χ2n) is 6.48. The zero-order valence-electron chi connectivity index (χ0n) is 12.8. The highest BCUT2D eigenvalue weighted by molar-refractivity contribution is 5.85. The molecule has 0 saturated carbocycles. The normalized spacial score (nSPS) is 25.1. The molecule has 3 aliphatic rings. The third-order valence-corrected chi connectivity index (χ3v) is 5.10. The van der Waals surface area contributed by atoms with Gasteiger partial charge in [0.05, 0.1) is 12.0 Å². The van der Waals surface area contributed by atoms with Gasteiger partial charge in [-0.2, -0.15) is 0 Å². The van der Waals surface area contributed by atoms with E-state index in [-0.39, 0.29) is 24.4 Å². The van der Waals surface area contributed by atoms with E-state index >= 15 is 0 Å². The predicted molar refractivity (Wildman–Crippen MR) is 84.9 cm³/mol. The third kappa shape index (κ3) is 2.63. The smallest absolute Gasteiger partial charge is 0.228 e. The van der Waals surface area contributed by atoms with Crippen molar-refractivity contribution in [1.29, 1.82) is 0 Å². The molecule has 0 bridgehead atoms. The Bertz CT molecular complexity index is 542.